The molecule has 0 aliphatic carbocycles. The van der Waals surface area contributed by atoms with Gasteiger partial charge in [-0.2, -0.15) is 0 Å². The molecule has 0 bridgehead atoms. The van der Waals surface area contributed by atoms with Gasteiger partial charge in [-0.15, -0.1) is 0 Å². The van der Waals surface area contributed by atoms with Crippen LogP contribution in [0.1, 0.15) is 10.5 Å². The summed E-state index contributed by atoms with van der Waals surface area (Å²) in [4.78, 5) is 24.2. The van der Waals surface area contributed by atoms with E-state index in [1.54, 1.807) is 0 Å². The third kappa shape index (κ3) is 1.30. The van der Waals surface area contributed by atoms with Crippen molar-refractivity contribution in [2.24, 2.45) is 0 Å². The highest BCUT2D eigenvalue weighted by Crippen LogP contribution is 2.18. The summed E-state index contributed by atoms with van der Waals surface area (Å²) in [7, 11) is 0. The number of nitro groups is 1. The Balaban J connectivity index is 2.80. The van der Waals surface area contributed by atoms with Gasteiger partial charge >= 0.3 is 11.8 Å². The fraction of sp³-hybridized carbons (Fsp3) is 0. The monoisotopic (exact) mass is 207 g/mol. The second-order valence-electron chi connectivity index (χ2n) is 2.80. The van der Waals surface area contributed by atoms with Gasteiger partial charge in [0.15, 0.2) is 0 Å². The summed E-state index contributed by atoms with van der Waals surface area (Å²) in [6, 6.07) is 4.23. The van der Waals surface area contributed by atoms with E-state index in [4.69, 9.17) is 5.11 Å². The maximum atomic E-state index is 10.8. The molecule has 0 unspecified atom stereocenters. The Kier molecular flexibility index (Phi) is 1.86. The minimum absolute atomic E-state index is 0.0619. The van der Waals surface area contributed by atoms with E-state index in [1.807, 2.05) is 0 Å². The van der Waals surface area contributed by atoms with E-state index >= 15 is 0 Å². The van der Waals surface area contributed by atoms with Crippen molar-refractivity contribution in [3.05, 3.63) is 40.3 Å². The van der Waals surface area contributed by atoms with Crippen molar-refractivity contribution >= 4 is 17.3 Å². The molecule has 0 atom stereocenters. The van der Waals surface area contributed by atoms with Crippen molar-refractivity contribution in [1.29, 1.82) is 0 Å². The first-order valence-electron chi connectivity index (χ1n) is 3.95. The Morgan fingerprint density at radius 3 is 2.87 bits per heavy atom. The molecular weight excluding hydrogens is 202 g/mol. The largest absolute Gasteiger partial charge is 0.477 e. The number of hydrogen-bond acceptors (Lipinski definition) is 4. The second kappa shape index (κ2) is 3.05. The van der Waals surface area contributed by atoms with Crippen LogP contribution < -0.4 is 0 Å². The number of carboxylic acids is 1. The van der Waals surface area contributed by atoms with Crippen LogP contribution in [0.2, 0.25) is 0 Å². The van der Waals surface area contributed by atoms with Gasteiger partial charge in [-0.1, -0.05) is 6.07 Å². The number of aromatic nitrogens is 2. The standard InChI is InChI=1S/C8H5N3O4/c12-8(13)6-3-1-2-5-7(11(14)15)9-4-10(5)6/h1-4H,(H,12,13). The summed E-state index contributed by atoms with van der Waals surface area (Å²) >= 11 is 0. The first kappa shape index (κ1) is 9.13. The summed E-state index contributed by atoms with van der Waals surface area (Å²) in [6.07, 6.45) is 1.12. The van der Waals surface area contributed by atoms with E-state index < -0.39 is 10.9 Å². The third-order valence-electron chi connectivity index (χ3n) is 1.94. The molecule has 7 heteroatoms. The molecule has 0 saturated heterocycles. The zero-order chi connectivity index (χ0) is 11.0. The average molecular weight is 207 g/mol. The smallest absolute Gasteiger partial charge is 0.389 e. The van der Waals surface area contributed by atoms with Gasteiger partial charge in [-0.25, -0.2) is 4.79 Å². The zero-order valence-electron chi connectivity index (χ0n) is 7.32. The molecule has 2 aromatic rings. The number of rotatable bonds is 2. The van der Waals surface area contributed by atoms with Crippen LogP contribution in [0.15, 0.2) is 24.5 Å². The van der Waals surface area contributed by atoms with E-state index in [-0.39, 0.29) is 17.0 Å². The maximum absolute atomic E-state index is 10.8. The van der Waals surface area contributed by atoms with Gasteiger partial charge in [0.1, 0.15) is 11.2 Å². The molecule has 2 aromatic heterocycles. The fourth-order valence-corrected chi connectivity index (χ4v) is 1.32. The topological polar surface area (TPSA) is 97.7 Å². The highest BCUT2D eigenvalue weighted by molar-refractivity contribution is 5.87. The van der Waals surface area contributed by atoms with Gasteiger partial charge in [0.2, 0.25) is 6.33 Å². The lowest BCUT2D eigenvalue weighted by atomic mass is 10.3. The second-order valence-corrected chi connectivity index (χ2v) is 2.80. The number of hydrogen-bond donors (Lipinski definition) is 1. The molecule has 2 rings (SSSR count). The van der Waals surface area contributed by atoms with E-state index in [0.717, 1.165) is 6.33 Å². The Labute approximate surface area is 82.7 Å². The molecule has 0 aliphatic heterocycles. The minimum Gasteiger partial charge on any atom is -0.477 e. The predicted molar refractivity (Wildman–Crippen MR) is 48.8 cm³/mol. The molecule has 7 nitrogen and oxygen atoms in total. The van der Waals surface area contributed by atoms with E-state index in [2.05, 4.69) is 4.98 Å². The number of pyridine rings is 1. The molecule has 0 spiro atoms. The third-order valence-corrected chi connectivity index (χ3v) is 1.94. The summed E-state index contributed by atoms with van der Waals surface area (Å²) in [5, 5.41) is 19.4. The number of nitrogens with zero attached hydrogens (tertiary/aromatic N) is 3. The quantitative estimate of drug-likeness (QED) is 0.583. The first-order chi connectivity index (χ1) is 7.11. The van der Waals surface area contributed by atoms with Gasteiger partial charge in [-0.3, -0.25) is 4.40 Å². The van der Waals surface area contributed by atoms with Crippen molar-refractivity contribution < 1.29 is 14.8 Å². The van der Waals surface area contributed by atoms with Gasteiger partial charge in [0.25, 0.3) is 0 Å². The predicted octanol–water partition coefficient (Wildman–Crippen LogP) is 0.941. The molecule has 2 heterocycles. The Morgan fingerprint density at radius 2 is 2.27 bits per heavy atom. The number of carbonyl (C=O) groups is 1. The fourth-order valence-electron chi connectivity index (χ4n) is 1.32. The number of imidazole rings is 1. The molecular formula is C8H5N3O4. The summed E-state index contributed by atoms with van der Waals surface area (Å²) in [5.74, 6) is -1.51. The van der Waals surface area contributed by atoms with Crippen molar-refractivity contribution in [3.63, 3.8) is 0 Å². The first-order valence-corrected chi connectivity index (χ1v) is 3.95. The molecule has 0 aliphatic rings. The Morgan fingerprint density at radius 1 is 1.53 bits per heavy atom. The number of fused-ring (bicyclic) bond motifs is 1. The lowest BCUT2D eigenvalue weighted by molar-refractivity contribution is -0.387. The number of carboxylic acid groups (broad SMARTS) is 1. The molecule has 0 radical (unpaired) electrons. The van der Waals surface area contributed by atoms with Crippen molar-refractivity contribution in [2.45, 2.75) is 0 Å². The van der Waals surface area contributed by atoms with Crippen LogP contribution in [0.5, 0.6) is 0 Å². The van der Waals surface area contributed by atoms with E-state index in [1.165, 1.54) is 22.6 Å². The maximum Gasteiger partial charge on any atom is 0.389 e. The van der Waals surface area contributed by atoms with Crippen LogP contribution in [0.3, 0.4) is 0 Å². The highest BCUT2D eigenvalue weighted by Gasteiger charge is 2.18. The molecule has 0 saturated carbocycles. The molecule has 1 N–H and O–H groups in total. The van der Waals surface area contributed by atoms with Crippen LogP contribution in [0, 0.1) is 10.1 Å². The summed E-state index contributed by atoms with van der Waals surface area (Å²) < 4.78 is 1.17. The minimum atomic E-state index is -1.16. The zero-order valence-corrected chi connectivity index (χ0v) is 7.32. The van der Waals surface area contributed by atoms with Gasteiger partial charge in [0.05, 0.1) is 0 Å². The molecule has 0 aromatic carbocycles. The Bertz CT molecular complexity index is 560. The van der Waals surface area contributed by atoms with E-state index in [0.29, 0.717) is 0 Å². The normalized spacial score (nSPS) is 10.4. The average Bonchev–Trinajstić information content (AvgIpc) is 2.59. The summed E-state index contributed by atoms with van der Waals surface area (Å²) in [5.41, 5.74) is 0.105. The van der Waals surface area contributed by atoms with E-state index in [9.17, 15) is 14.9 Å². The lowest BCUT2D eigenvalue weighted by Crippen LogP contribution is -2.03. The van der Waals surface area contributed by atoms with Crippen molar-refractivity contribution in [2.75, 3.05) is 0 Å². The highest BCUT2D eigenvalue weighted by atomic mass is 16.6. The van der Waals surface area contributed by atoms with Gasteiger partial charge in [0, 0.05) is 0 Å². The Hall–Kier alpha value is -2.44. The van der Waals surface area contributed by atoms with Gasteiger partial charge < -0.3 is 15.2 Å². The summed E-state index contributed by atoms with van der Waals surface area (Å²) in [6.45, 7) is 0. The van der Waals surface area contributed by atoms with Gasteiger partial charge in [-0.05, 0) is 22.0 Å². The van der Waals surface area contributed by atoms with Crippen molar-refractivity contribution in [1.82, 2.24) is 9.38 Å². The molecule has 76 valence electrons. The number of aromatic carboxylic acids is 1. The lowest BCUT2D eigenvalue weighted by Gasteiger charge is -1.97. The van der Waals surface area contributed by atoms with Crippen LogP contribution in [-0.4, -0.2) is 25.4 Å². The SMILES string of the molecule is O=C(O)c1cccc2c([N+](=O)[O-])ncn12. The molecule has 15 heavy (non-hydrogen) atoms. The molecule has 0 amide bonds. The van der Waals surface area contributed by atoms with Crippen LogP contribution in [0.4, 0.5) is 5.82 Å². The molecule has 0 fully saturated rings. The van der Waals surface area contributed by atoms with Crippen molar-refractivity contribution in [3.8, 4) is 0 Å². The van der Waals surface area contributed by atoms with Crippen LogP contribution in [0.25, 0.3) is 5.52 Å². The van der Waals surface area contributed by atoms with Crippen LogP contribution in [-0.2, 0) is 0 Å². The van der Waals surface area contributed by atoms with Crippen LogP contribution >= 0.6 is 0 Å².